The third-order valence-corrected chi connectivity index (χ3v) is 34.2. The van der Waals surface area contributed by atoms with E-state index in [0.29, 0.717) is 57.8 Å². The summed E-state index contributed by atoms with van der Waals surface area (Å²) in [5, 5.41) is 245. The second-order valence-corrected chi connectivity index (χ2v) is 43.8. The monoisotopic (exact) mass is 1990 g/mol. The summed E-state index contributed by atoms with van der Waals surface area (Å²) in [6.07, 6.45) is -49.0. The van der Waals surface area contributed by atoms with E-state index in [1.54, 1.807) is 13.8 Å². The van der Waals surface area contributed by atoms with E-state index in [9.17, 15) is 127 Å². The van der Waals surface area contributed by atoms with Crippen LogP contribution < -0.4 is 0 Å². The quantitative estimate of drug-likeness (QED) is 0.0107. The SMILES string of the molecule is C/C=C1/[C@H]2CC(C)(C)CC[C@]2(C(C)OC2O[C@@H](C)[C@H](O)C(OC(=O)CC(O)CC(O[C@H](O)CC(O)CC(OC3OC(CO)[C@H](O)C3O)C(C)CC)C(C)CC)C2OC(CO)O[C@@H](C)C(CO)O[C@H]2OC[C@@H](O)C(OC3OCC(O)(CO)[C@H]3O)[C@H]2O)[C@H](O)C[C@@]1(C)[C@]1(C)CCC2C(C)(C=O)[C@@H](O[C@@H]3OC(C(=O)O)C4OC[C@H]5C(CC[C@@H](O)C5O)OC4C3O[C@@H]3C[C@H](CO)[C@H](O)[C@H](O)[C@H]3O)CC[C@]2(C)C1. The molecule has 12 rings (SSSR count). The van der Waals surface area contributed by atoms with E-state index in [2.05, 4.69) is 40.7 Å². The Labute approximate surface area is 806 Å². The van der Waals surface area contributed by atoms with Crippen LogP contribution in [0.3, 0.4) is 0 Å². The van der Waals surface area contributed by atoms with Crippen LogP contribution in [-0.4, -0.2) is 422 Å². The average molecular weight is 1990 g/mol. The van der Waals surface area contributed by atoms with Crippen LogP contribution in [0.1, 0.15) is 213 Å². The number of carboxylic acid groups (broad SMARTS) is 1. The third kappa shape index (κ3) is 23.5. The van der Waals surface area contributed by atoms with Gasteiger partial charge >= 0.3 is 11.9 Å². The van der Waals surface area contributed by atoms with Gasteiger partial charge in [0, 0.05) is 43.1 Å². The van der Waals surface area contributed by atoms with Gasteiger partial charge in [-0.3, -0.25) is 4.79 Å². The summed E-state index contributed by atoms with van der Waals surface area (Å²) in [4.78, 5) is 42.8. The smallest absolute Gasteiger partial charge is 0.335 e. The second kappa shape index (κ2) is 46.7. The Morgan fingerprint density at radius 3 is 1.90 bits per heavy atom. The van der Waals surface area contributed by atoms with Crippen LogP contribution >= 0.6 is 0 Å². The molecule has 6 aliphatic carbocycles. The van der Waals surface area contributed by atoms with Gasteiger partial charge in [-0.1, -0.05) is 93.7 Å². The van der Waals surface area contributed by atoms with Gasteiger partial charge in [-0.15, -0.1) is 0 Å². The Morgan fingerprint density at radius 1 is 0.580 bits per heavy atom. The van der Waals surface area contributed by atoms with Crippen molar-refractivity contribution in [1.29, 1.82) is 0 Å². The van der Waals surface area contributed by atoms with E-state index in [1.165, 1.54) is 13.8 Å². The van der Waals surface area contributed by atoms with E-state index in [1.807, 2.05) is 34.6 Å². The van der Waals surface area contributed by atoms with Gasteiger partial charge in [-0.05, 0) is 150 Å². The number of aliphatic hydroxyl groups excluding tert-OH is 20. The standard InChI is InChI=1S/C96H162O42/c1-15-43(4)57(128-65(108)29-50(104)28-58(44(5)16-2)131-86-74(116)72(114)61(35-99)133-86)27-49(103)30-66(109)135-77-68(110)46(7)126-87(81(77)136-67(36-100)125-45(6)60(34-98)132-85-75(117)76(55(106)38-123-85)137-89-83(118)95(121,41-102)42-124-89)127-47(8)96-25-24-90(9,10)31-53(96)52(17-3)94(14,32-63(96)107)92(12)23-20-62-91(11,39-92)22-21-64(93(62,13)40-101)134-88-82(130-59-26-48(33-97)69(111)73(115)71(59)113)79-78(80(138-88)84(119)120)122-37-51-56(129-79)19-18-54(105)70(51)112/h17,40,43-51,53-65,67-83,85-89,97-100,102-108,110-118,121H,15-16,18-39,41-42H2,1-14H3,(H,119,120)/b52-17-/t43?,44?,45-,46-,47?,48+,49?,50?,51-,53+,54+,55+,56?,57?,58?,59+,60?,61?,62?,63+,64-,65-,67?,68-,69-,70?,71-,72-,73-,74?,75+,76?,77?,78?,79?,80?,81?,82?,83-,85+,86?,87?,88+,89?,91+,92+,93?,94+,95?,96+/m0/s1. The highest BCUT2D eigenvalue weighted by Crippen LogP contribution is 2.73. The summed E-state index contributed by atoms with van der Waals surface area (Å²) in [5.41, 5.74) is -6.04. The van der Waals surface area contributed by atoms with Crippen molar-refractivity contribution in [3.63, 3.8) is 0 Å². The molecule has 0 aromatic rings. The van der Waals surface area contributed by atoms with Crippen molar-refractivity contribution >= 4 is 18.2 Å². The van der Waals surface area contributed by atoms with Crippen molar-refractivity contribution < 1.29 is 207 Å². The summed E-state index contributed by atoms with van der Waals surface area (Å²) in [6, 6.07) is 0. The van der Waals surface area contributed by atoms with Gasteiger partial charge in [-0.2, -0.15) is 0 Å². The predicted octanol–water partition coefficient (Wildman–Crippen LogP) is -1.63. The summed E-state index contributed by atoms with van der Waals surface area (Å²) in [6.45, 7) is 21.4. The Kier molecular flexibility index (Phi) is 38.5. The zero-order valence-corrected chi connectivity index (χ0v) is 81.9. The number of aldehydes is 1. The summed E-state index contributed by atoms with van der Waals surface area (Å²) >= 11 is 0. The largest absolute Gasteiger partial charge is 0.479 e. The van der Waals surface area contributed by atoms with Crippen molar-refractivity contribution in [3.8, 4) is 0 Å². The fourth-order valence-corrected chi connectivity index (χ4v) is 25.0. The van der Waals surface area contributed by atoms with Crippen LogP contribution in [-0.2, 0) is 94.9 Å². The number of hydrogen-bond donors (Lipinski definition) is 22. The molecule has 6 aliphatic heterocycles. The number of esters is 1. The molecule has 0 spiro atoms. The van der Waals surface area contributed by atoms with E-state index in [-0.39, 0.29) is 75.2 Å². The first-order chi connectivity index (χ1) is 65.0. The summed E-state index contributed by atoms with van der Waals surface area (Å²) in [5.74, 6) is -5.86. The minimum absolute atomic E-state index is 0.0847. The van der Waals surface area contributed by atoms with Crippen LogP contribution in [0.5, 0.6) is 0 Å². The lowest BCUT2D eigenvalue weighted by Crippen LogP contribution is -2.67. The van der Waals surface area contributed by atoms with E-state index < -0.39 is 354 Å². The molecule has 6 heterocycles. The highest BCUT2D eigenvalue weighted by atomic mass is 16.8. The van der Waals surface area contributed by atoms with Gasteiger partial charge < -0.3 is 198 Å². The number of fused-ring (bicyclic) bond motifs is 4. The number of carbonyl (C=O) groups is 3. The average Bonchev–Trinajstić information content (AvgIpc) is 0.718. The molecule has 0 aromatic carbocycles. The van der Waals surface area contributed by atoms with E-state index in [4.69, 9.17) is 80.5 Å². The lowest BCUT2D eigenvalue weighted by Gasteiger charge is -2.68. The number of allylic oxidation sites excluding steroid dienone is 2. The topological polar surface area (TPSA) is 653 Å². The van der Waals surface area contributed by atoms with Gasteiger partial charge in [-0.25, -0.2) is 4.79 Å². The Morgan fingerprint density at radius 2 is 1.27 bits per heavy atom. The highest BCUT2D eigenvalue weighted by Gasteiger charge is 2.70. The van der Waals surface area contributed by atoms with Crippen molar-refractivity contribution in [3.05, 3.63) is 11.6 Å². The van der Waals surface area contributed by atoms with Gasteiger partial charge in [0.25, 0.3) is 0 Å². The molecule has 50 atom stereocenters. The maximum atomic E-state index is 14.8. The lowest BCUT2D eigenvalue weighted by molar-refractivity contribution is -0.358. The van der Waals surface area contributed by atoms with Crippen molar-refractivity contribution in [1.82, 2.24) is 0 Å². The Balaban J connectivity index is 0.794. The normalized spacial score (nSPS) is 46.6. The molecule has 12 aliphatic rings. The molecule has 22 N–H and O–H groups in total. The molecule has 0 amide bonds. The molecular weight excluding hydrogens is 1830 g/mol. The second-order valence-electron chi connectivity index (χ2n) is 43.8. The van der Waals surface area contributed by atoms with Crippen molar-refractivity contribution in [2.24, 2.45) is 68.0 Å². The highest BCUT2D eigenvalue weighted by molar-refractivity contribution is 5.73. The van der Waals surface area contributed by atoms with Gasteiger partial charge in [0.05, 0.1) is 144 Å². The molecule has 42 heteroatoms. The van der Waals surface area contributed by atoms with Crippen LogP contribution in [0.4, 0.5) is 0 Å². The molecule has 0 aromatic heterocycles. The maximum absolute atomic E-state index is 14.8. The molecule has 0 bridgehead atoms. The Bertz CT molecular complexity index is 3900. The van der Waals surface area contributed by atoms with Gasteiger partial charge in [0.15, 0.2) is 62.3 Å². The molecular formula is C96H162O42. The fourth-order valence-electron chi connectivity index (χ4n) is 25.0. The van der Waals surface area contributed by atoms with Gasteiger partial charge in [0.1, 0.15) is 97.3 Å². The molecule has 0 radical (unpaired) electrons. The van der Waals surface area contributed by atoms with E-state index in [0.717, 1.165) is 11.9 Å². The summed E-state index contributed by atoms with van der Waals surface area (Å²) in [7, 11) is 0. The minimum atomic E-state index is -2.14. The number of carbonyl (C=O) groups excluding carboxylic acids is 2. The number of rotatable bonds is 41. The number of hydrogen-bond acceptors (Lipinski definition) is 41. The molecule has 26 unspecified atom stereocenters. The number of ether oxygens (including phenoxy) is 17. The molecule has 42 nitrogen and oxygen atoms in total. The third-order valence-electron chi connectivity index (χ3n) is 34.2. The first kappa shape index (κ1) is 114. The fraction of sp³-hybridized carbons (Fsp3) is 0.948. The van der Waals surface area contributed by atoms with Crippen molar-refractivity contribution in [2.75, 3.05) is 52.9 Å². The molecule has 138 heavy (non-hydrogen) atoms. The molecule has 6 saturated heterocycles. The molecule has 798 valence electrons. The maximum Gasteiger partial charge on any atom is 0.335 e. The van der Waals surface area contributed by atoms with E-state index >= 15 is 0 Å². The number of carboxylic acids is 1. The van der Waals surface area contributed by atoms with Crippen LogP contribution in [0.15, 0.2) is 11.6 Å². The first-order valence-electron chi connectivity index (χ1n) is 49.9. The predicted molar refractivity (Wildman–Crippen MR) is 476 cm³/mol. The van der Waals surface area contributed by atoms with Crippen LogP contribution in [0.25, 0.3) is 0 Å². The summed E-state index contributed by atoms with van der Waals surface area (Å²) < 4.78 is 107. The van der Waals surface area contributed by atoms with Crippen LogP contribution in [0.2, 0.25) is 0 Å². The molecule has 6 saturated carbocycles. The Hall–Kier alpha value is -3.13. The van der Waals surface area contributed by atoms with Gasteiger partial charge in [0.2, 0.25) is 0 Å². The zero-order chi connectivity index (χ0) is 101. The van der Waals surface area contributed by atoms with Crippen molar-refractivity contribution in [2.45, 2.75) is 451 Å². The number of aliphatic hydroxyl groups is 21. The lowest BCUT2D eigenvalue weighted by atomic mass is 9.37. The zero-order valence-electron chi connectivity index (χ0n) is 81.9. The number of aliphatic carboxylic acids is 1. The minimum Gasteiger partial charge on any atom is -0.479 e. The molecule has 12 fully saturated rings. The first-order valence-corrected chi connectivity index (χ1v) is 49.9. The van der Waals surface area contributed by atoms with Crippen LogP contribution in [0, 0.1) is 68.0 Å².